The molecule has 0 radical (unpaired) electrons. The number of nitrogens with zero attached hydrogens (tertiary/aromatic N) is 1. The Hall–Kier alpha value is -1.68. The van der Waals surface area contributed by atoms with Gasteiger partial charge in [0.15, 0.2) is 0 Å². The molecule has 4 heteroatoms. The lowest BCUT2D eigenvalue weighted by atomic mass is 9.96. The Morgan fingerprint density at radius 1 is 1.15 bits per heavy atom. The van der Waals surface area contributed by atoms with Gasteiger partial charge in [-0.1, -0.05) is 12.1 Å². The predicted octanol–water partition coefficient (Wildman–Crippen LogP) is 2.00. The minimum absolute atomic E-state index is 0.0716. The second kappa shape index (κ2) is 5.75. The summed E-state index contributed by atoms with van der Waals surface area (Å²) in [7, 11) is 0. The van der Waals surface area contributed by atoms with Crippen LogP contribution in [0.1, 0.15) is 41.1 Å². The van der Waals surface area contributed by atoms with Crippen LogP contribution >= 0.6 is 0 Å². The minimum atomic E-state index is 0.0716. The molecule has 1 saturated carbocycles. The van der Waals surface area contributed by atoms with Crippen molar-refractivity contribution in [3.05, 3.63) is 35.4 Å². The zero-order chi connectivity index (χ0) is 13.9. The average Bonchev–Trinajstić information content (AvgIpc) is 2.94. The standard InChI is InChI=1S/C16H19NO3/c18-15-6-5-14(11-15)12-1-3-13(4-2-12)16(19)17-7-9-20-10-8-17/h1-4,14H,5-11H2/t14-/m0/s1. The zero-order valence-corrected chi connectivity index (χ0v) is 11.5. The van der Waals surface area contributed by atoms with Crippen molar-refractivity contribution in [2.75, 3.05) is 26.3 Å². The van der Waals surface area contributed by atoms with Crippen LogP contribution in [0.15, 0.2) is 24.3 Å². The van der Waals surface area contributed by atoms with Crippen molar-refractivity contribution in [3.63, 3.8) is 0 Å². The maximum absolute atomic E-state index is 12.3. The fourth-order valence-electron chi connectivity index (χ4n) is 2.95. The molecule has 0 spiro atoms. The quantitative estimate of drug-likeness (QED) is 0.828. The molecule has 1 aromatic carbocycles. The van der Waals surface area contributed by atoms with Crippen molar-refractivity contribution in [1.82, 2.24) is 4.90 Å². The number of morpholine rings is 1. The van der Waals surface area contributed by atoms with Gasteiger partial charge in [-0.3, -0.25) is 9.59 Å². The van der Waals surface area contributed by atoms with E-state index >= 15 is 0 Å². The number of benzene rings is 1. The molecule has 20 heavy (non-hydrogen) atoms. The molecule has 0 unspecified atom stereocenters. The van der Waals surface area contributed by atoms with E-state index in [9.17, 15) is 9.59 Å². The molecule has 1 saturated heterocycles. The molecule has 1 aliphatic carbocycles. The number of hydrogen-bond donors (Lipinski definition) is 0. The lowest BCUT2D eigenvalue weighted by Crippen LogP contribution is -2.40. The molecule has 0 N–H and O–H groups in total. The predicted molar refractivity (Wildman–Crippen MR) is 74.8 cm³/mol. The fraction of sp³-hybridized carbons (Fsp3) is 0.500. The van der Waals surface area contributed by atoms with Gasteiger partial charge in [0.2, 0.25) is 0 Å². The Balaban J connectivity index is 1.69. The number of Topliss-reactive ketones (excluding diaryl/α,β-unsaturated/α-hetero) is 1. The summed E-state index contributed by atoms with van der Waals surface area (Å²) in [5.41, 5.74) is 1.90. The van der Waals surface area contributed by atoms with Gasteiger partial charge in [-0.2, -0.15) is 0 Å². The third kappa shape index (κ3) is 2.75. The van der Waals surface area contributed by atoms with Gasteiger partial charge in [-0.15, -0.1) is 0 Å². The number of amides is 1. The molecular weight excluding hydrogens is 254 g/mol. The Kier molecular flexibility index (Phi) is 3.83. The molecule has 0 aromatic heterocycles. The van der Waals surface area contributed by atoms with Crippen LogP contribution in [-0.2, 0) is 9.53 Å². The van der Waals surface area contributed by atoms with Gasteiger partial charge < -0.3 is 9.64 Å². The molecule has 4 nitrogen and oxygen atoms in total. The molecule has 1 heterocycles. The van der Waals surface area contributed by atoms with E-state index in [0.717, 1.165) is 12.0 Å². The summed E-state index contributed by atoms with van der Waals surface area (Å²) < 4.78 is 5.26. The first-order valence-corrected chi connectivity index (χ1v) is 7.23. The molecule has 1 aromatic rings. The number of ether oxygens (including phenoxy) is 1. The number of rotatable bonds is 2. The molecule has 3 rings (SSSR count). The van der Waals surface area contributed by atoms with Crippen LogP contribution in [0, 0.1) is 0 Å². The third-order valence-corrected chi connectivity index (χ3v) is 4.17. The second-order valence-corrected chi connectivity index (χ2v) is 5.50. The van der Waals surface area contributed by atoms with Crippen molar-refractivity contribution in [1.29, 1.82) is 0 Å². The summed E-state index contributed by atoms with van der Waals surface area (Å²) in [5, 5.41) is 0. The highest BCUT2D eigenvalue weighted by molar-refractivity contribution is 5.94. The van der Waals surface area contributed by atoms with E-state index in [1.165, 1.54) is 5.56 Å². The van der Waals surface area contributed by atoms with E-state index in [2.05, 4.69) is 0 Å². The minimum Gasteiger partial charge on any atom is -0.378 e. The van der Waals surface area contributed by atoms with Gasteiger partial charge in [0.25, 0.3) is 5.91 Å². The van der Waals surface area contributed by atoms with Crippen LogP contribution in [0.25, 0.3) is 0 Å². The first-order chi connectivity index (χ1) is 9.74. The van der Waals surface area contributed by atoms with Crippen molar-refractivity contribution in [3.8, 4) is 0 Å². The molecule has 2 aliphatic rings. The molecule has 2 fully saturated rings. The molecule has 0 bridgehead atoms. The Morgan fingerprint density at radius 3 is 2.45 bits per heavy atom. The van der Waals surface area contributed by atoms with Crippen LogP contribution in [-0.4, -0.2) is 42.9 Å². The average molecular weight is 273 g/mol. The molecule has 1 atom stereocenters. The Bertz CT molecular complexity index is 503. The summed E-state index contributed by atoms with van der Waals surface area (Å²) in [6, 6.07) is 7.76. The Labute approximate surface area is 118 Å². The van der Waals surface area contributed by atoms with Crippen LogP contribution in [0.5, 0.6) is 0 Å². The summed E-state index contributed by atoms with van der Waals surface area (Å²) in [5.74, 6) is 0.765. The van der Waals surface area contributed by atoms with E-state index in [0.29, 0.717) is 50.8 Å². The van der Waals surface area contributed by atoms with E-state index in [1.54, 1.807) is 0 Å². The first kappa shape index (κ1) is 13.3. The third-order valence-electron chi connectivity index (χ3n) is 4.17. The SMILES string of the molecule is O=C1CC[C@H](c2ccc(C(=O)N3CCOCC3)cc2)C1. The van der Waals surface area contributed by atoms with Crippen molar-refractivity contribution < 1.29 is 14.3 Å². The molecule has 1 aliphatic heterocycles. The number of carbonyl (C=O) groups excluding carboxylic acids is 2. The van der Waals surface area contributed by atoms with Crippen molar-refractivity contribution >= 4 is 11.7 Å². The second-order valence-electron chi connectivity index (χ2n) is 5.50. The van der Waals surface area contributed by atoms with Crippen molar-refractivity contribution in [2.24, 2.45) is 0 Å². The van der Waals surface area contributed by atoms with Crippen LogP contribution in [0.3, 0.4) is 0 Å². The van der Waals surface area contributed by atoms with Gasteiger partial charge in [-0.05, 0) is 30.0 Å². The maximum atomic E-state index is 12.3. The Morgan fingerprint density at radius 2 is 1.85 bits per heavy atom. The van der Waals surface area contributed by atoms with E-state index in [1.807, 2.05) is 29.2 Å². The van der Waals surface area contributed by atoms with Gasteiger partial charge in [0.1, 0.15) is 5.78 Å². The summed E-state index contributed by atoms with van der Waals surface area (Å²) >= 11 is 0. The van der Waals surface area contributed by atoms with Crippen LogP contribution in [0.2, 0.25) is 0 Å². The van der Waals surface area contributed by atoms with Crippen LogP contribution in [0.4, 0.5) is 0 Å². The lowest BCUT2D eigenvalue weighted by Gasteiger charge is -2.27. The van der Waals surface area contributed by atoms with E-state index in [4.69, 9.17) is 4.74 Å². The van der Waals surface area contributed by atoms with Gasteiger partial charge in [0, 0.05) is 31.5 Å². The molecule has 106 valence electrons. The highest BCUT2D eigenvalue weighted by Crippen LogP contribution is 2.32. The molecular formula is C16H19NO3. The van der Waals surface area contributed by atoms with Gasteiger partial charge in [0.05, 0.1) is 13.2 Å². The monoisotopic (exact) mass is 273 g/mol. The van der Waals surface area contributed by atoms with Gasteiger partial charge >= 0.3 is 0 Å². The van der Waals surface area contributed by atoms with Crippen molar-refractivity contribution in [2.45, 2.75) is 25.2 Å². The topological polar surface area (TPSA) is 46.6 Å². The summed E-state index contributed by atoms with van der Waals surface area (Å²) in [6.07, 6.45) is 2.28. The summed E-state index contributed by atoms with van der Waals surface area (Å²) in [4.78, 5) is 25.5. The normalized spacial score (nSPS) is 23.1. The number of hydrogen-bond acceptors (Lipinski definition) is 3. The summed E-state index contributed by atoms with van der Waals surface area (Å²) in [6.45, 7) is 2.57. The largest absolute Gasteiger partial charge is 0.378 e. The van der Waals surface area contributed by atoms with E-state index < -0.39 is 0 Å². The fourth-order valence-corrected chi connectivity index (χ4v) is 2.95. The lowest BCUT2D eigenvalue weighted by molar-refractivity contribution is -0.117. The maximum Gasteiger partial charge on any atom is 0.254 e. The van der Waals surface area contributed by atoms with E-state index in [-0.39, 0.29) is 5.91 Å². The number of ketones is 1. The van der Waals surface area contributed by atoms with Gasteiger partial charge in [-0.25, -0.2) is 0 Å². The zero-order valence-electron chi connectivity index (χ0n) is 11.5. The highest BCUT2D eigenvalue weighted by Gasteiger charge is 2.24. The smallest absolute Gasteiger partial charge is 0.254 e. The first-order valence-electron chi connectivity index (χ1n) is 7.23. The molecule has 1 amide bonds. The highest BCUT2D eigenvalue weighted by atomic mass is 16.5. The number of carbonyl (C=O) groups is 2. The van der Waals surface area contributed by atoms with Crippen LogP contribution < -0.4 is 0 Å².